The van der Waals surface area contributed by atoms with Crippen LogP contribution >= 0.6 is 46.2 Å². The van der Waals surface area contributed by atoms with Crippen molar-refractivity contribution >= 4 is 46.2 Å². The first-order valence-electron chi connectivity index (χ1n) is 7.58. The van der Waals surface area contributed by atoms with Gasteiger partial charge in [0.15, 0.2) is 0 Å². The minimum Gasteiger partial charge on any atom is -0.144 e. The van der Waals surface area contributed by atoms with E-state index in [9.17, 15) is 0 Å². The SMILES string of the molecule is c1csc(-c2ccc3c(c2)Sc2cc(-c4cccs4)ccc2S3)c1. The van der Waals surface area contributed by atoms with Crippen LogP contribution in [-0.4, -0.2) is 0 Å². The molecular formula is C20H12S4. The summed E-state index contributed by atoms with van der Waals surface area (Å²) < 4.78 is 0. The zero-order valence-corrected chi connectivity index (χ0v) is 15.8. The van der Waals surface area contributed by atoms with Crippen LogP contribution in [-0.2, 0) is 0 Å². The predicted octanol–water partition coefficient (Wildman–Crippen LogP) is 7.76. The third-order valence-electron chi connectivity index (χ3n) is 3.94. The van der Waals surface area contributed by atoms with Gasteiger partial charge in [-0.2, -0.15) is 0 Å². The van der Waals surface area contributed by atoms with E-state index in [0.29, 0.717) is 0 Å². The molecule has 0 nitrogen and oxygen atoms in total. The first-order chi connectivity index (χ1) is 11.9. The maximum Gasteiger partial charge on any atom is 0.0343 e. The second-order valence-electron chi connectivity index (χ2n) is 5.48. The van der Waals surface area contributed by atoms with Crippen LogP contribution in [0.1, 0.15) is 0 Å². The Morgan fingerprint density at radius 1 is 0.500 bits per heavy atom. The fourth-order valence-corrected chi connectivity index (χ4v) is 6.50. The monoisotopic (exact) mass is 380 g/mol. The Morgan fingerprint density at radius 3 is 1.46 bits per heavy atom. The Balaban J connectivity index is 1.54. The number of rotatable bonds is 2. The van der Waals surface area contributed by atoms with Crippen molar-refractivity contribution in [3.63, 3.8) is 0 Å². The van der Waals surface area contributed by atoms with Crippen molar-refractivity contribution < 1.29 is 0 Å². The second-order valence-corrected chi connectivity index (χ2v) is 9.54. The molecule has 5 rings (SSSR count). The van der Waals surface area contributed by atoms with E-state index in [1.807, 2.05) is 23.5 Å². The Hall–Kier alpha value is -1.46. The quantitative estimate of drug-likeness (QED) is 0.307. The van der Waals surface area contributed by atoms with Crippen LogP contribution in [0.15, 0.2) is 91.0 Å². The van der Waals surface area contributed by atoms with Gasteiger partial charge in [0.25, 0.3) is 0 Å². The van der Waals surface area contributed by atoms with Crippen LogP contribution in [0, 0.1) is 0 Å². The number of thiophene rings is 2. The van der Waals surface area contributed by atoms with Gasteiger partial charge in [-0.05, 0) is 58.3 Å². The van der Waals surface area contributed by atoms with Crippen molar-refractivity contribution in [1.29, 1.82) is 0 Å². The number of fused-ring (bicyclic) bond motifs is 2. The highest BCUT2D eigenvalue weighted by molar-refractivity contribution is 8.05. The van der Waals surface area contributed by atoms with Gasteiger partial charge < -0.3 is 0 Å². The first-order valence-corrected chi connectivity index (χ1v) is 11.0. The van der Waals surface area contributed by atoms with Crippen molar-refractivity contribution in [1.82, 2.24) is 0 Å². The molecule has 3 heterocycles. The first kappa shape index (κ1) is 14.8. The highest BCUT2D eigenvalue weighted by Gasteiger charge is 2.18. The molecule has 116 valence electrons. The van der Waals surface area contributed by atoms with Gasteiger partial charge in [-0.3, -0.25) is 0 Å². The van der Waals surface area contributed by atoms with Crippen LogP contribution in [0.25, 0.3) is 20.9 Å². The van der Waals surface area contributed by atoms with E-state index in [2.05, 4.69) is 71.4 Å². The van der Waals surface area contributed by atoms with E-state index in [0.717, 1.165) is 0 Å². The lowest BCUT2D eigenvalue weighted by Crippen LogP contribution is -1.90. The largest absolute Gasteiger partial charge is 0.144 e. The summed E-state index contributed by atoms with van der Waals surface area (Å²) in [7, 11) is 0. The summed E-state index contributed by atoms with van der Waals surface area (Å²) in [5, 5.41) is 4.28. The van der Waals surface area contributed by atoms with Gasteiger partial charge in [-0.1, -0.05) is 47.8 Å². The Labute approximate surface area is 157 Å². The smallest absolute Gasteiger partial charge is 0.0343 e. The fraction of sp³-hybridized carbons (Fsp3) is 0. The molecule has 0 bridgehead atoms. The number of hydrogen-bond acceptors (Lipinski definition) is 4. The number of hydrogen-bond donors (Lipinski definition) is 0. The molecule has 0 unspecified atom stereocenters. The molecule has 0 saturated heterocycles. The molecule has 0 amide bonds. The Bertz CT molecular complexity index is 917. The van der Waals surface area contributed by atoms with Crippen molar-refractivity contribution in [3.05, 3.63) is 71.4 Å². The van der Waals surface area contributed by atoms with Crippen molar-refractivity contribution in [2.24, 2.45) is 0 Å². The van der Waals surface area contributed by atoms with Gasteiger partial charge >= 0.3 is 0 Å². The van der Waals surface area contributed by atoms with Crippen molar-refractivity contribution in [2.45, 2.75) is 19.6 Å². The minimum absolute atomic E-state index is 1.31. The summed E-state index contributed by atoms with van der Waals surface area (Å²) in [6, 6.07) is 22.3. The lowest BCUT2D eigenvalue weighted by molar-refractivity contribution is 1.16. The zero-order chi connectivity index (χ0) is 15.9. The molecule has 2 aromatic heterocycles. The summed E-state index contributed by atoms with van der Waals surface area (Å²) in [6.45, 7) is 0. The minimum atomic E-state index is 1.31. The summed E-state index contributed by atoms with van der Waals surface area (Å²) in [5.41, 5.74) is 2.63. The van der Waals surface area contributed by atoms with E-state index in [4.69, 9.17) is 0 Å². The van der Waals surface area contributed by atoms with Gasteiger partial charge in [0.1, 0.15) is 0 Å². The average molecular weight is 381 g/mol. The maximum absolute atomic E-state index is 2.33. The average Bonchev–Trinajstić information content (AvgIpc) is 3.32. The van der Waals surface area contributed by atoms with E-state index in [1.54, 1.807) is 22.7 Å². The highest BCUT2D eigenvalue weighted by Crippen LogP contribution is 2.50. The molecule has 2 aromatic carbocycles. The van der Waals surface area contributed by atoms with Gasteiger partial charge in [-0.15, -0.1) is 22.7 Å². The molecule has 1 aliphatic heterocycles. The second kappa shape index (κ2) is 6.12. The van der Waals surface area contributed by atoms with Crippen LogP contribution in [0.4, 0.5) is 0 Å². The van der Waals surface area contributed by atoms with Gasteiger partial charge in [0.05, 0.1) is 0 Å². The lowest BCUT2D eigenvalue weighted by Gasteiger charge is -2.19. The third kappa shape index (κ3) is 2.64. The van der Waals surface area contributed by atoms with Crippen LogP contribution in [0.3, 0.4) is 0 Å². The molecule has 0 spiro atoms. The third-order valence-corrected chi connectivity index (χ3v) is 8.30. The number of benzene rings is 2. The Kier molecular flexibility index (Phi) is 3.78. The molecule has 4 heteroatoms. The molecule has 0 fully saturated rings. The molecule has 0 atom stereocenters. The van der Waals surface area contributed by atoms with Gasteiger partial charge in [0.2, 0.25) is 0 Å². The molecule has 0 saturated carbocycles. The normalized spacial score (nSPS) is 12.7. The zero-order valence-electron chi connectivity index (χ0n) is 12.6. The predicted molar refractivity (Wildman–Crippen MR) is 108 cm³/mol. The van der Waals surface area contributed by atoms with E-state index >= 15 is 0 Å². The fourth-order valence-electron chi connectivity index (χ4n) is 2.77. The maximum atomic E-state index is 2.33. The van der Waals surface area contributed by atoms with Crippen molar-refractivity contribution in [2.75, 3.05) is 0 Å². The van der Waals surface area contributed by atoms with Crippen LogP contribution in [0.2, 0.25) is 0 Å². The van der Waals surface area contributed by atoms with E-state index < -0.39 is 0 Å². The van der Waals surface area contributed by atoms with Gasteiger partial charge in [0, 0.05) is 29.3 Å². The summed E-state index contributed by atoms with van der Waals surface area (Å²) in [4.78, 5) is 8.11. The molecule has 4 aromatic rings. The van der Waals surface area contributed by atoms with Crippen LogP contribution < -0.4 is 0 Å². The molecule has 0 radical (unpaired) electrons. The molecule has 24 heavy (non-hydrogen) atoms. The standard InChI is InChI=1S/C20H12S4/c1-3-15(21-9-1)13-5-7-17-19(11-13)24-20-12-14(6-8-18(20)23-17)16-4-2-10-22-16/h1-12H. The summed E-state index contributed by atoms with van der Waals surface area (Å²) in [5.74, 6) is 0. The van der Waals surface area contributed by atoms with Crippen molar-refractivity contribution in [3.8, 4) is 20.9 Å². The van der Waals surface area contributed by atoms with E-state index in [-0.39, 0.29) is 0 Å². The van der Waals surface area contributed by atoms with E-state index in [1.165, 1.54) is 40.5 Å². The van der Waals surface area contributed by atoms with Crippen LogP contribution in [0.5, 0.6) is 0 Å². The molecule has 0 aliphatic carbocycles. The summed E-state index contributed by atoms with van der Waals surface area (Å²) >= 11 is 7.37. The highest BCUT2D eigenvalue weighted by atomic mass is 32.2. The van der Waals surface area contributed by atoms with Gasteiger partial charge in [-0.25, -0.2) is 0 Å². The Morgan fingerprint density at radius 2 is 1.00 bits per heavy atom. The lowest BCUT2D eigenvalue weighted by atomic mass is 10.2. The summed E-state index contributed by atoms with van der Waals surface area (Å²) in [6.07, 6.45) is 0. The molecule has 1 aliphatic rings. The topological polar surface area (TPSA) is 0 Å². The molecular weight excluding hydrogens is 368 g/mol. The molecule has 0 N–H and O–H groups in total.